The minimum absolute atomic E-state index is 0.0188. The summed E-state index contributed by atoms with van der Waals surface area (Å²) in [6.07, 6.45) is 6.52. The zero-order valence-electron chi connectivity index (χ0n) is 26.6. The molecule has 0 N–H and O–H groups in total. The Balaban J connectivity index is 1.95. The molecule has 2 heterocycles. The van der Waals surface area contributed by atoms with Crippen molar-refractivity contribution in [1.82, 2.24) is 4.98 Å². The van der Waals surface area contributed by atoms with Crippen LogP contribution in [0.5, 0.6) is 0 Å². The van der Waals surface area contributed by atoms with E-state index in [1.165, 1.54) is 39.2 Å². The number of benzene rings is 1. The number of pyridine rings is 1. The van der Waals surface area contributed by atoms with Crippen LogP contribution in [0.3, 0.4) is 0 Å². The molecule has 0 saturated heterocycles. The number of nitrogens with zero attached hydrogens (tertiary/aromatic N) is 1. The van der Waals surface area contributed by atoms with Crippen LogP contribution in [0.15, 0.2) is 24.3 Å². The van der Waals surface area contributed by atoms with Gasteiger partial charge in [0.2, 0.25) is 0 Å². The molecule has 2 atom stereocenters. The normalized spacial score (nSPS) is 23.3. The van der Waals surface area contributed by atoms with Crippen LogP contribution in [0.2, 0.25) is 0 Å². The molecule has 2 aliphatic rings. The van der Waals surface area contributed by atoms with Crippen LogP contribution < -0.4 is 0 Å². The Hall–Kier alpha value is -1.36. The molecule has 2 aromatic rings. The lowest BCUT2D eigenvalue weighted by atomic mass is 9.71. The molecule has 1 aromatic carbocycles. The number of fused-ring (bicyclic) bond motifs is 3. The zero-order valence-corrected chi connectivity index (χ0v) is 27.4. The van der Waals surface area contributed by atoms with Gasteiger partial charge in [-0.1, -0.05) is 93.5 Å². The van der Waals surface area contributed by atoms with Crippen molar-refractivity contribution in [2.75, 3.05) is 12.5 Å². The summed E-state index contributed by atoms with van der Waals surface area (Å²) in [4.78, 5) is 5.47. The molecule has 3 nitrogen and oxygen atoms in total. The Morgan fingerprint density at radius 1 is 0.947 bits per heavy atom. The minimum Gasteiger partial charge on any atom is -0.358 e. The predicted octanol–water partition coefficient (Wildman–Crippen LogP) is 9.66. The summed E-state index contributed by atoms with van der Waals surface area (Å²) in [6, 6.07) is 9.08. The summed E-state index contributed by atoms with van der Waals surface area (Å²) >= 11 is 0. The second-order valence-electron chi connectivity index (χ2n) is 15.7. The van der Waals surface area contributed by atoms with Crippen LogP contribution in [0.1, 0.15) is 147 Å². The summed E-state index contributed by atoms with van der Waals surface area (Å²) in [5, 5.41) is 0. The first kappa shape index (κ1) is 29.6. The van der Waals surface area contributed by atoms with Gasteiger partial charge in [-0.2, -0.15) is 0 Å². The summed E-state index contributed by atoms with van der Waals surface area (Å²) in [5.74, 6) is 0.309. The van der Waals surface area contributed by atoms with Crippen molar-refractivity contribution in [2.24, 2.45) is 5.41 Å². The van der Waals surface area contributed by atoms with E-state index >= 15 is 0 Å². The maximum atomic E-state index is 7.21. The highest BCUT2D eigenvalue weighted by atomic mass is 32.3. The van der Waals surface area contributed by atoms with Gasteiger partial charge < -0.3 is 8.92 Å². The molecule has 1 aliphatic carbocycles. The second kappa shape index (κ2) is 9.35. The lowest BCUT2D eigenvalue weighted by Gasteiger charge is -2.49. The molecule has 1 aromatic heterocycles. The predicted molar refractivity (Wildman–Crippen MR) is 165 cm³/mol. The molecule has 4 heteroatoms. The number of ether oxygens (including phenoxy) is 1. The van der Waals surface area contributed by atoms with Crippen LogP contribution in [0, 0.1) is 5.41 Å². The van der Waals surface area contributed by atoms with Gasteiger partial charge in [-0.25, -0.2) is 0 Å². The number of hydrogen-bond donors (Lipinski definition) is 0. The summed E-state index contributed by atoms with van der Waals surface area (Å²) in [7, 11) is -1.32. The summed E-state index contributed by atoms with van der Waals surface area (Å²) in [5.41, 5.74) is 8.71. The lowest BCUT2D eigenvalue weighted by Crippen LogP contribution is -2.34. The van der Waals surface area contributed by atoms with E-state index < -0.39 is 15.9 Å². The van der Waals surface area contributed by atoms with E-state index in [0.29, 0.717) is 5.92 Å². The zero-order chi connectivity index (χ0) is 28.6. The van der Waals surface area contributed by atoms with Crippen LogP contribution in [0.4, 0.5) is 0 Å². The molecule has 38 heavy (non-hydrogen) atoms. The highest BCUT2D eigenvalue weighted by Crippen LogP contribution is 2.61. The Bertz CT molecular complexity index is 1190. The fourth-order valence-corrected chi connectivity index (χ4v) is 7.00. The number of rotatable bonds is 4. The fourth-order valence-electron chi connectivity index (χ4n) is 5.97. The van der Waals surface area contributed by atoms with Gasteiger partial charge in [-0.3, -0.25) is 4.98 Å². The van der Waals surface area contributed by atoms with Crippen molar-refractivity contribution < 1.29 is 8.92 Å². The SMILES string of the molecule is CC(C)c1nc2c(c3c1C(c1ccc(C(C)(C)C)cc1)OC3(C)C)C(OS(C)(C)C(C)(C)C)CC(C)(C)C2. The molecule has 0 fully saturated rings. The van der Waals surface area contributed by atoms with Gasteiger partial charge in [0.25, 0.3) is 0 Å². The van der Waals surface area contributed by atoms with Crippen molar-refractivity contribution in [3.05, 3.63) is 63.5 Å². The Kier molecular flexibility index (Phi) is 7.29. The third-order valence-electron chi connectivity index (χ3n) is 8.82. The highest BCUT2D eigenvalue weighted by molar-refractivity contribution is 8.29. The van der Waals surface area contributed by atoms with Crippen LogP contribution >= 0.6 is 10.3 Å². The van der Waals surface area contributed by atoms with Gasteiger partial charge in [0, 0.05) is 27.3 Å². The molecule has 0 spiro atoms. The monoisotopic (exact) mass is 539 g/mol. The number of aromatic nitrogens is 1. The van der Waals surface area contributed by atoms with E-state index in [9.17, 15) is 0 Å². The molecule has 0 bridgehead atoms. The van der Waals surface area contributed by atoms with Crippen molar-refractivity contribution >= 4 is 10.3 Å². The summed E-state index contributed by atoms with van der Waals surface area (Å²) in [6.45, 7) is 27.5. The van der Waals surface area contributed by atoms with E-state index in [-0.39, 0.29) is 27.8 Å². The van der Waals surface area contributed by atoms with Gasteiger partial charge in [0.1, 0.15) is 6.10 Å². The summed E-state index contributed by atoms with van der Waals surface area (Å²) < 4.78 is 14.3. The Labute approximate surface area is 235 Å². The van der Waals surface area contributed by atoms with Gasteiger partial charge >= 0.3 is 0 Å². The topological polar surface area (TPSA) is 31.4 Å². The maximum Gasteiger partial charge on any atom is 0.111 e. The maximum absolute atomic E-state index is 7.21. The standard InChI is InChI=1S/C34H53NO2S/c1-21(2)29-27-28(34(11,12)36-30(27)22-15-17-23(18-16-22)31(3,4)5)26-24(35-29)19-33(9,10)20-25(26)37-38(13,14)32(6,7)8/h15-18,21,25,30H,19-20H2,1-14H3. The van der Waals surface area contributed by atoms with Crippen molar-refractivity contribution in [2.45, 2.75) is 130 Å². The van der Waals surface area contributed by atoms with Gasteiger partial charge in [-0.15, -0.1) is 10.3 Å². The van der Waals surface area contributed by atoms with Crippen LogP contribution in [-0.4, -0.2) is 22.2 Å². The quantitative estimate of drug-likeness (QED) is 0.387. The minimum atomic E-state index is -1.32. The molecule has 212 valence electrons. The average molecular weight is 540 g/mol. The van der Waals surface area contributed by atoms with Gasteiger partial charge in [0.05, 0.1) is 11.7 Å². The lowest BCUT2D eigenvalue weighted by molar-refractivity contribution is -0.0356. The molecule has 0 saturated carbocycles. The van der Waals surface area contributed by atoms with E-state index in [0.717, 1.165) is 12.8 Å². The number of hydrogen-bond acceptors (Lipinski definition) is 3. The van der Waals surface area contributed by atoms with Gasteiger partial charge in [0.15, 0.2) is 0 Å². The van der Waals surface area contributed by atoms with E-state index in [1.807, 2.05) is 0 Å². The first-order chi connectivity index (χ1) is 17.1. The van der Waals surface area contributed by atoms with Crippen molar-refractivity contribution in [3.63, 3.8) is 0 Å². The largest absolute Gasteiger partial charge is 0.358 e. The van der Waals surface area contributed by atoms with Crippen molar-refractivity contribution in [1.29, 1.82) is 0 Å². The van der Waals surface area contributed by atoms with E-state index in [4.69, 9.17) is 13.9 Å². The molecule has 2 unspecified atom stereocenters. The Morgan fingerprint density at radius 3 is 2.03 bits per heavy atom. The fraction of sp³-hybridized carbons (Fsp3) is 0.676. The molecule has 4 rings (SSSR count). The average Bonchev–Trinajstić information content (AvgIpc) is 3.02. The molecular formula is C34H53NO2S. The molecule has 1 aliphatic heterocycles. The third-order valence-corrected chi connectivity index (χ3v) is 12.5. The molecular weight excluding hydrogens is 486 g/mol. The smallest absolute Gasteiger partial charge is 0.111 e. The molecule has 0 radical (unpaired) electrons. The van der Waals surface area contributed by atoms with Crippen LogP contribution in [-0.2, 0) is 26.4 Å². The highest BCUT2D eigenvalue weighted by Gasteiger charge is 2.49. The molecule has 0 amide bonds. The van der Waals surface area contributed by atoms with Crippen LogP contribution in [0.25, 0.3) is 0 Å². The first-order valence-corrected chi connectivity index (χ1v) is 16.8. The second-order valence-corrected chi connectivity index (χ2v) is 19.5. The Morgan fingerprint density at radius 2 is 1.53 bits per heavy atom. The van der Waals surface area contributed by atoms with Gasteiger partial charge in [-0.05, 0) is 72.6 Å². The van der Waals surface area contributed by atoms with E-state index in [2.05, 4.69) is 120 Å². The van der Waals surface area contributed by atoms with Crippen molar-refractivity contribution in [3.8, 4) is 0 Å². The first-order valence-electron chi connectivity index (χ1n) is 14.4. The van der Waals surface area contributed by atoms with E-state index in [1.54, 1.807) is 0 Å². The third kappa shape index (κ3) is 5.34.